The topological polar surface area (TPSA) is 70.7 Å². The van der Waals surface area contributed by atoms with Crippen molar-refractivity contribution in [3.05, 3.63) is 95.1 Å². The van der Waals surface area contributed by atoms with Gasteiger partial charge in [0.2, 0.25) is 11.7 Å². The molecule has 4 aromatic rings. The maximum absolute atomic E-state index is 6.14. The molecule has 33 heavy (non-hydrogen) atoms. The van der Waals surface area contributed by atoms with Crippen LogP contribution in [0.3, 0.4) is 0 Å². The lowest BCUT2D eigenvalue weighted by atomic mass is 10.1. The van der Waals surface area contributed by atoms with Crippen molar-refractivity contribution in [3.63, 3.8) is 0 Å². The second-order valence-electron chi connectivity index (χ2n) is 7.62. The molecule has 0 spiro atoms. The van der Waals surface area contributed by atoms with Gasteiger partial charge in [-0.1, -0.05) is 58.3 Å². The predicted molar refractivity (Wildman–Crippen MR) is 132 cm³/mol. The molecule has 9 heteroatoms. The highest BCUT2D eigenvalue weighted by molar-refractivity contribution is 8.13. The molecule has 2 aromatic heterocycles. The fourth-order valence-corrected chi connectivity index (χ4v) is 4.65. The van der Waals surface area contributed by atoms with Gasteiger partial charge < -0.3 is 4.52 Å². The van der Waals surface area contributed by atoms with Crippen LogP contribution in [0.2, 0.25) is 5.02 Å². The molecule has 0 N–H and O–H groups in total. The Kier molecular flexibility index (Phi) is 6.02. The third-order valence-corrected chi connectivity index (χ3v) is 6.44. The maximum Gasteiger partial charge on any atom is 0.237 e. The molecular formula is C24H21ClN6OS. The zero-order valence-electron chi connectivity index (χ0n) is 18.1. The summed E-state index contributed by atoms with van der Waals surface area (Å²) in [5.41, 5.74) is 4.19. The highest BCUT2D eigenvalue weighted by atomic mass is 35.5. The van der Waals surface area contributed by atoms with Gasteiger partial charge in [0, 0.05) is 35.7 Å². The maximum atomic E-state index is 6.14. The fraction of sp³-hybridized carbons (Fsp3) is 0.167. The zero-order valence-corrected chi connectivity index (χ0v) is 19.7. The van der Waals surface area contributed by atoms with E-state index in [1.54, 1.807) is 24.2 Å². The summed E-state index contributed by atoms with van der Waals surface area (Å²) in [6, 6.07) is 19.8. The van der Waals surface area contributed by atoms with Crippen molar-refractivity contribution in [1.29, 1.82) is 0 Å². The van der Waals surface area contributed by atoms with Crippen molar-refractivity contribution in [2.75, 3.05) is 11.9 Å². The van der Waals surface area contributed by atoms with Crippen LogP contribution in [0.4, 0.5) is 5.69 Å². The molecule has 0 saturated heterocycles. The van der Waals surface area contributed by atoms with Gasteiger partial charge in [0.1, 0.15) is 6.17 Å². The van der Waals surface area contributed by atoms with Gasteiger partial charge in [0.25, 0.3) is 0 Å². The number of anilines is 1. The first kappa shape index (κ1) is 21.5. The Bertz CT molecular complexity index is 1260. The van der Waals surface area contributed by atoms with E-state index in [1.165, 1.54) is 5.56 Å². The Morgan fingerprint density at radius 3 is 2.45 bits per heavy atom. The van der Waals surface area contributed by atoms with Crippen LogP contribution in [-0.2, 0) is 5.75 Å². The Morgan fingerprint density at radius 1 is 1.00 bits per heavy atom. The first-order valence-electron chi connectivity index (χ1n) is 10.4. The molecule has 7 nitrogen and oxygen atoms in total. The molecule has 1 aliphatic heterocycles. The van der Waals surface area contributed by atoms with Crippen LogP contribution in [-0.4, -0.2) is 32.3 Å². The van der Waals surface area contributed by atoms with Crippen molar-refractivity contribution in [2.24, 2.45) is 5.10 Å². The van der Waals surface area contributed by atoms with Crippen LogP contribution in [0.25, 0.3) is 11.4 Å². The summed E-state index contributed by atoms with van der Waals surface area (Å²) in [6.45, 7) is 2.05. The van der Waals surface area contributed by atoms with Crippen molar-refractivity contribution >= 4 is 34.2 Å². The van der Waals surface area contributed by atoms with Crippen LogP contribution >= 0.6 is 23.4 Å². The van der Waals surface area contributed by atoms with Crippen LogP contribution in [0.15, 0.2) is 82.7 Å². The number of halogens is 1. The number of aromatic nitrogens is 3. The number of benzene rings is 2. The molecule has 0 amide bonds. The summed E-state index contributed by atoms with van der Waals surface area (Å²) < 4.78 is 5.51. The lowest BCUT2D eigenvalue weighted by Gasteiger charge is -2.30. The summed E-state index contributed by atoms with van der Waals surface area (Å²) >= 11 is 7.69. The van der Waals surface area contributed by atoms with Gasteiger partial charge >= 0.3 is 0 Å². The van der Waals surface area contributed by atoms with Crippen molar-refractivity contribution in [1.82, 2.24) is 20.1 Å². The lowest BCUT2D eigenvalue weighted by molar-refractivity contribution is 0.290. The number of hydrazone groups is 1. The Balaban J connectivity index is 1.39. The van der Waals surface area contributed by atoms with Gasteiger partial charge in [-0.2, -0.15) is 4.98 Å². The molecule has 0 saturated carbocycles. The number of rotatable bonds is 5. The number of thioether (sulfide) groups is 1. The highest BCUT2D eigenvalue weighted by Crippen LogP contribution is 2.38. The first-order chi connectivity index (χ1) is 16.1. The van der Waals surface area contributed by atoms with Crippen LogP contribution in [0.5, 0.6) is 0 Å². The Morgan fingerprint density at radius 2 is 1.73 bits per heavy atom. The van der Waals surface area contributed by atoms with E-state index in [0.29, 0.717) is 22.5 Å². The number of hydrogen-bond donors (Lipinski definition) is 0. The van der Waals surface area contributed by atoms with E-state index in [4.69, 9.17) is 21.2 Å². The Labute approximate surface area is 201 Å². The largest absolute Gasteiger partial charge is 0.338 e. The third kappa shape index (κ3) is 4.58. The molecule has 1 unspecified atom stereocenters. The Hall–Kier alpha value is -3.36. The number of hydrogen-bond acceptors (Lipinski definition) is 8. The standard InChI is InChI=1S/C24H21ClN6OS/c1-16-3-5-17(6-4-16)22-27-21(32-29-22)15-33-24-28-30(2)23(18-11-13-26-14-12-18)31(24)20-9-7-19(25)8-10-20/h3-14,23H,15H2,1-2H3. The summed E-state index contributed by atoms with van der Waals surface area (Å²) in [5, 5.41) is 12.4. The molecule has 1 atom stereocenters. The van der Waals surface area contributed by atoms with Gasteiger partial charge in [-0.05, 0) is 48.9 Å². The highest BCUT2D eigenvalue weighted by Gasteiger charge is 2.35. The van der Waals surface area contributed by atoms with Gasteiger partial charge in [-0.15, -0.1) is 5.10 Å². The summed E-state index contributed by atoms with van der Waals surface area (Å²) in [7, 11) is 1.96. The second-order valence-corrected chi connectivity index (χ2v) is 9.00. The lowest BCUT2D eigenvalue weighted by Crippen LogP contribution is -2.33. The minimum atomic E-state index is -0.109. The van der Waals surface area contributed by atoms with Crippen LogP contribution < -0.4 is 4.90 Å². The molecule has 0 bridgehead atoms. The van der Waals surface area contributed by atoms with Gasteiger partial charge in [-0.25, -0.2) is 0 Å². The summed E-state index contributed by atoms with van der Waals surface area (Å²) in [6.07, 6.45) is 3.47. The van der Waals surface area contributed by atoms with Crippen molar-refractivity contribution in [3.8, 4) is 11.4 Å². The second kappa shape index (κ2) is 9.25. The van der Waals surface area contributed by atoms with Gasteiger partial charge in [0.05, 0.1) is 5.75 Å². The van der Waals surface area contributed by atoms with E-state index in [-0.39, 0.29) is 6.17 Å². The fourth-order valence-electron chi connectivity index (χ4n) is 3.62. The van der Waals surface area contributed by atoms with E-state index in [1.807, 2.05) is 79.6 Å². The number of amidine groups is 1. The van der Waals surface area contributed by atoms with Crippen molar-refractivity contribution < 1.29 is 4.52 Å². The molecular weight excluding hydrogens is 456 g/mol. The van der Waals surface area contributed by atoms with Gasteiger partial charge in [-0.3, -0.25) is 14.9 Å². The average molecular weight is 477 g/mol. The molecule has 3 heterocycles. The smallest absolute Gasteiger partial charge is 0.237 e. The van der Waals surface area contributed by atoms with E-state index >= 15 is 0 Å². The minimum Gasteiger partial charge on any atom is -0.338 e. The quantitative estimate of drug-likeness (QED) is 0.363. The predicted octanol–water partition coefficient (Wildman–Crippen LogP) is 5.75. The van der Waals surface area contributed by atoms with E-state index in [2.05, 4.69) is 20.0 Å². The average Bonchev–Trinajstić information content (AvgIpc) is 3.43. The van der Waals surface area contributed by atoms with Crippen molar-refractivity contribution in [2.45, 2.75) is 18.8 Å². The van der Waals surface area contributed by atoms with Gasteiger partial charge in [0.15, 0.2) is 5.17 Å². The zero-order chi connectivity index (χ0) is 22.8. The van der Waals surface area contributed by atoms with E-state index in [0.717, 1.165) is 22.0 Å². The first-order valence-corrected chi connectivity index (χ1v) is 11.7. The third-order valence-electron chi connectivity index (χ3n) is 5.26. The molecule has 0 fully saturated rings. The molecule has 5 rings (SSSR count). The van der Waals surface area contributed by atoms with E-state index < -0.39 is 0 Å². The molecule has 166 valence electrons. The minimum absolute atomic E-state index is 0.109. The SMILES string of the molecule is Cc1ccc(-c2noc(CSC3=NN(C)C(c4ccncc4)N3c3ccc(Cl)cc3)n2)cc1. The molecule has 2 aromatic carbocycles. The number of aryl methyl sites for hydroxylation is 1. The van der Waals surface area contributed by atoms with Crippen LogP contribution in [0.1, 0.15) is 23.2 Å². The monoisotopic (exact) mass is 476 g/mol. The number of pyridine rings is 1. The van der Waals surface area contributed by atoms with Crippen LogP contribution in [0, 0.1) is 6.92 Å². The number of nitrogens with zero attached hydrogens (tertiary/aromatic N) is 6. The molecule has 0 aliphatic carbocycles. The normalized spacial score (nSPS) is 15.7. The molecule has 1 aliphatic rings. The molecule has 0 radical (unpaired) electrons. The van der Waals surface area contributed by atoms with E-state index in [9.17, 15) is 0 Å². The summed E-state index contributed by atoms with van der Waals surface area (Å²) in [5.74, 6) is 1.63. The summed E-state index contributed by atoms with van der Waals surface area (Å²) in [4.78, 5) is 10.9.